The van der Waals surface area contributed by atoms with Gasteiger partial charge < -0.3 is 20.6 Å². The highest BCUT2D eigenvalue weighted by molar-refractivity contribution is 5.97. The number of nitrogens with zero attached hydrogens (tertiary/aromatic N) is 1. The second-order valence-corrected chi connectivity index (χ2v) is 9.61. The first-order valence-electron chi connectivity index (χ1n) is 12.7. The summed E-state index contributed by atoms with van der Waals surface area (Å²) >= 11 is 0. The van der Waals surface area contributed by atoms with E-state index in [-0.39, 0.29) is 17.9 Å². The van der Waals surface area contributed by atoms with Crippen LogP contribution in [-0.4, -0.2) is 58.5 Å². The highest BCUT2D eigenvalue weighted by Crippen LogP contribution is 2.24. The SMILES string of the molecule is O=C(N[C@@H](Cc1ccccc1)C(=O)N1CCCC1C(O)C(=O)NC1CCCCC1)c1ccccc1. The minimum Gasteiger partial charge on any atom is -0.381 e. The highest BCUT2D eigenvalue weighted by atomic mass is 16.3. The molecule has 0 spiro atoms. The van der Waals surface area contributed by atoms with Gasteiger partial charge in [-0.3, -0.25) is 14.4 Å². The minimum atomic E-state index is -1.29. The van der Waals surface area contributed by atoms with Gasteiger partial charge in [0.05, 0.1) is 6.04 Å². The van der Waals surface area contributed by atoms with Crippen LogP contribution in [0.15, 0.2) is 60.7 Å². The van der Waals surface area contributed by atoms with Crippen LogP contribution in [0.2, 0.25) is 0 Å². The standard InChI is InChI=1S/C28H35N3O4/c32-25(27(34)29-22-15-8-3-9-16-22)24-17-10-18-31(24)28(35)23(19-20-11-4-1-5-12-20)30-26(33)21-13-6-2-7-14-21/h1-2,4-7,11-14,22-25,32H,3,8-10,15-19H2,(H,29,34)(H,30,33)/t23-,24?,25?/m0/s1. The van der Waals surface area contributed by atoms with E-state index in [0.717, 1.165) is 31.2 Å². The zero-order chi connectivity index (χ0) is 24.6. The van der Waals surface area contributed by atoms with Crippen LogP contribution in [0, 0.1) is 0 Å². The van der Waals surface area contributed by atoms with E-state index in [4.69, 9.17) is 0 Å². The summed E-state index contributed by atoms with van der Waals surface area (Å²) in [6.07, 6.45) is 5.49. The zero-order valence-corrected chi connectivity index (χ0v) is 20.1. The van der Waals surface area contributed by atoms with Crippen molar-refractivity contribution in [2.45, 2.75) is 75.6 Å². The lowest BCUT2D eigenvalue weighted by Crippen LogP contribution is -2.56. The number of nitrogens with one attached hydrogen (secondary N) is 2. The Morgan fingerprint density at radius 1 is 0.886 bits per heavy atom. The summed E-state index contributed by atoms with van der Waals surface area (Å²) in [5, 5.41) is 16.8. The van der Waals surface area contributed by atoms with Crippen LogP contribution in [-0.2, 0) is 16.0 Å². The van der Waals surface area contributed by atoms with Crippen molar-refractivity contribution < 1.29 is 19.5 Å². The number of benzene rings is 2. The summed E-state index contributed by atoms with van der Waals surface area (Å²) in [5.74, 6) is -1.01. The van der Waals surface area contributed by atoms with E-state index in [9.17, 15) is 19.5 Å². The molecule has 0 aromatic heterocycles. The van der Waals surface area contributed by atoms with Gasteiger partial charge in [-0.2, -0.15) is 0 Å². The minimum absolute atomic E-state index is 0.0902. The summed E-state index contributed by atoms with van der Waals surface area (Å²) in [6.45, 7) is 0.448. The lowest BCUT2D eigenvalue weighted by molar-refractivity contribution is -0.141. The lowest BCUT2D eigenvalue weighted by Gasteiger charge is -2.32. The monoisotopic (exact) mass is 477 g/mol. The summed E-state index contributed by atoms with van der Waals surface area (Å²) in [5.41, 5.74) is 1.40. The van der Waals surface area contributed by atoms with Gasteiger partial charge in [-0.25, -0.2) is 0 Å². The normalized spacial score (nSPS) is 20.1. The highest BCUT2D eigenvalue weighted by Gasteiger charge is 2.40. The second-order valence-electron chi connectivity index (χ2n) is 9.61. The third-order valence-electron chi connectivity index (χ3n) is 7.09. The summed E-state index contributed by atoms with van der Waals surface area (Å²) in [6, 6.07) is 17.0. The molecule has 1 saturated heterocycles. The number of aliphatic hydroxyl groups excluding tert-OH is 1. The molecule has 186 valence electrons. The fraction of sp³-hybridized carbons (Fsp3) is 0.464. The fourth-order valence-corrected chi connectivity index (χ4v) is 5.18. The molecule has 2 fully saturated rings. The summed E-state index contributed by atoms with van der Waals surface area (Å²) in [4.78, 5) is 41.0. The van der Waals surface area contributed by atoms with Crippen LogP contribution in [0.25, 0.3) is 0 Å². The van der Waals surface area contributed by atoms with Crippen LogP contribution in [0.5, 0.6) is 0 Å². The third kappa shape index (κ3) is 6.48. The van der Waals surface area contributed by atoms with Crippen LogP contribution in [0.4, 0.5) is 0 Å². The number of carbonyl (C=O) groups excluding carboxylic acids is 3. The van der Waals surface area contributed by atoms with Gasteiger partial charge in [0.2, 0.25) is 5.91 Å². The van der Waals surface area contributed by atoms with Crippen molar-refractivity contribution in [2.24, 2.45) is 0 Å². The molecule has 2 unspecified atom stereocenters. The number of hydrogen-bond acceptors (Lipinski definition) is 4. The van der Waals surface area contributed by atoms with Crippen LogP contribution >= 0.6 is 0 Å². The molecule has 2 aromatic carbocycles. The molecule has 1 aliphatic heterocycles. The molecular formula is C28H35N3O4. The Kier molecular flexibility index (Phi) is 8.53. The molecule has 7 nitrogen and oxygen atoms in total. The molecular weight excluding hydrogens is 442 g/mol. The van der Waals surface area contributed by atoms with E-state index in [1.165, 1.54) is 6.42 Å². The summed E-state index contributed by atoms with van der Waals surface area (Å²) < 4.78 is 0. The smallest absolute Gasteiger partial charge is 0.251 e. The number of likely N-dealkylation sites (tertiary alicyclic amines) is 1. The molecule has 2 aromatic rings. The van der Waals surface area contributed by atoms with Crippen molar-refractivity contribution in [1.29, 1.82) is 0 Å². The molecule has 2 aliphatic rings. The molecule has 4 rings (SSSR count). The fourth-order valence-electron chi connectivity index (χ4n) is 5.18. The maximum Gasteiger partial charge on any atom is 0.251 e. The van der Waals surface area contributed by atoms with E-state index in [1.807, 2.05) is 36.4 Å². The zero-order valence-electron chi connectivity index (χ0n) is 20.1. The van der Waals surface area contributed by atoms with Gasteiger partial charge in [-0.05, 0) is 43.4 Å². The molecule has 3 N–H and O–H groups in total. The first kappa shape index (κ1) is 24.9. The maximum absolute atomic E-state index is 13.7. The van der Waals surface area contributed by atoms with Crippen molar-refractivity contribution in [1.82, 2.24) is 15.5 Å². The van der Waals surface area contributed by atoms with Gasteiger partial charge in [0.15, 0.2) is 6.10 Å². The van der Waals surface area contributed by atoms with Gasteiger partial charge in [0.25, 0.3) is 11.8 Å². The van der Waals surface area contributed by atoms with Gasteiger partial charge in [-0.1, -0.05) is 67.8 Å². The van der Waals surface area contributed by atoms with Crippen molar-refractivity contribution >= 4 is 17.7 Å². The number of amides is 3. The maximum atomic E-state index is 13.7. The largest absolute Gasteiger partial charge is 0.381 e. The van der Waals surface area contributed by atoms with Crippen LogP contribution in [0.3, 0.4) is 0 Å². The average Bonchev–Trinajstić information content (AvgIpc) is 3.39. The van der Waals surface area contributed by atoms with Gasteiger partial charge in [0, 0.05) is 24.6 Å². The molecule has 0 bridgehead atoms. The Morgan fingerprint density at radius 3 is 2.23 bits per heavy atom. The van der Waals surface area contributed by atoms with Crippen LogP contribution < -0.4 is 10.6 Å². The quantitative estimate of drug-likeness (QED) is 0.545. The van der Waals surface area contributed by atoms with Crippen molar-refractivity contribution in [3.63, 3.8) is 0 Å². The second kappa shape index (κ2) is 12.0. The topological polar surface area (TPSA) is 98.7 Å². The molecule has 1 saturated carbocycles. The first-order valence-corrected chi connectivity index (χ1v) is 12.7. The molecule has 1 aliphatic carbocycles. The number of carbonyl (C=O) groups is 3. The molecule has 7 heteroatoms. The summed E-state index contributed by atoms with van der Waals surface area (Å²) in [7, 11) is 0. The molecule has 0 radical (unpaired) electrons. The van der Waals surface area contributed by atoms with Gasteiger partial charge >= 0.3 is 0 Å². The van der Waals surface area contributed by atoms with Crippen molar-refractivity contribution in [2.75, 3.05) is 6.54 Å². The van der Waals surface area contributed by atoms with E-state index in [0.29, 0.717) is 31.4 Å². The molecule has 3 atom stereocenters. The number of hydrogen-bond donors (Lipinski definition) is 3. The Bertz CT molecular complexity index is 992. The lowest BCUT2D eigenvalue weighted by atomic mass is 9.95. The molecule has 3 amide bonds. The van der Waals surface area contributed by atoms with Crippen LogP contribution in [0.1, 0.15) is 60.9 Å². The Morgan fingerprint density at radius 2 is 1.54 bits per heavy atom. The molecule has 1 heterocycles. The van der Waals surface area contributed by atoms with E-state index < -0.39 is 24.1 Å². The Labute approximate surface area is 206 Å². The Hall–Kier alpha value is -3.19. The van der Waals surface area contributed by atoms with E-state index >= 15 is 0 Å². The number of aliphatic hydroxyl groups is 1. The number of rotatable bonds is 8. The van der Waals surface area contributed by atoms with E-state index in [2.05, 4.69) is 10.6 Å². The Balaban J connectivity index is 1.48. The van der Waals surface area contributed by atoms with Gasteiger partial charge in [0.1, 0.15) is 6.04 Å². The predicted octanol–water partition coefficient (Wildman–Crippen LogP) is 2.83. The van der Waals surface area contributed by atoms with E-state index in [1.54, 1.807) is 29.2 Å². The van der Waals surface area contributed by atoms with Crippen molar-refractivity contribution in [3.8, 4) is 0 Å². The third-order valence-corrected chi connectivity index (χ3v) is 7.09. The molecule has 35 heavy (non-hydrogen) atoms. The van der Waals surface area contributed by atoms with Crippen molar-refractivity contribution in [3.05, 3.63) is 71.8 Å². The predicted molar refractivity (Wildman–Crippen MR) is 134 cm³/mol. The average molecular weight is 478 g/mol. The first-order chi connectivity index (χ1) is 17.0. The van der Waals surface area contributed by atoms with Gasteiger partial charge in [-0.15, -0.1) is 0 Å².